The largest absolute Gasteiger partial charge is 0.454 e. The van der Waals surface area contributed by atoms with Gasteiger partial charge in [0.2, 0.25) is 5.95 Å². The summed E-state index contributed by atoms with van der Waals surface area (Å²) in [5.41, 5.74) is 14.7. The monoisotopic (exact) mass is 741 g/mol. The zero-order chi connectivity index (χ0) is 38.0. The van der Waals surface area contributed by atoms with Gasteiger partial charge in [-0.1, -0.05) is 164 Å². The summed E-state index contributed by atoms with van der Waals surface area (Å²) in [4.78, 5) is 10.9. The summed E-state index contributed by atoms with van der Waals surface area (Å²) >= 11 is 0. The standard InChI is InChI=1S/C53H31N3O2/c1-2-14-32(15-3-1)33-26-28-34(29-27-33)47-51-48(39-19-7-12-24-45(39)57-51)55-52(54-47)56-44-23-11-6-18-37(44)38-30-31-43-50(49(38)56)58-46-25-13-10-22-42(46)53(43)40-20-8-4-16-35(40)36-17-5-9-21-41(36)53/h1-31H. The molecule has 0 unspecified atom stereocenters. The number of fused-ring (bicyclic) bond motifs is 16. The highest BCUT2D eigenvalue weighted by molar-refractivity contribution is 6.13. The summed E-state index contributed by atoms with van der Waals surface area (Å²) in [7, 11) is 0. The molecule has 1 aliphatic carbocycles. The fraction of sp³-hybridized carbons (Fsp3) is 0.0189. The van der Waals surface area contributed by atoms with E-state index in [1.165, 1.54) is 22.3 Å². The lowest BCUT2D eigenvalue weighted by atomic mass is 9.66. The minimum Gasteiger partial charge on any atom is -0.454 e. The predicted octanol–water partition coefficient (Wildman–Crippen LogP) is 13.3. The number of hydrogen-bond acceptors (Lipinski definition) is 4. The molecular weight excluding hydrogens is 711 g/mol. The first kappa shape index (κ1) is 31.4. The van der Waals surface area contributed by atoms with Crippen molar-refractivity contribution >= 4 is 43.9 Å². The lowest BCUT2D eigenvalue weighted by molar-refractivity contribution is 0.440. The molecule has 5 nitrogen and oxygen atoms in total. The fourth-order valence-electron chi connectivity index (χ4n) is 9.90. The molecule has 0 radical (unpaired) electrons. The molecule has 13 rings (SSSR count). The number of rotatable bonds is 3. The lowest BCUT2D eigenvalue weighted by Gasteiger charge is -2.39. The Labute approximate surface area is 333 Å². The third-order valence-corrected chi connectivity index (χ3v) is 12.3. The average Bonchev–Trinajstić information content (AvgIpc) is 3.94. The number of aromatic nitrogens is 3. The molecule has 0 saturated carbocycles. The molecule has 0 fully saturated rings. The van der Waals surface area contributed by atoms with E-state index < -0.39 is 5.41 Å². The molecule has 270 valence electrons. The number of nitrogens with zero attached hydrogens (tertiary/aromatic N) is 3. The van der Waals surface area contributed by atoms with Gasteiger partial charge in [0, 0.05) is 32.8 Å². The van der Waals surface area contributed by atoms with Crippen LogP contribution in [0.1, 0.15) is 22.3 Å². The molecule has 1 spiro atoms. The Hall–Kier alpha value is -7.76. The maximum Gasteiger partial charge on any atom is 0.236 e. The lowest BCUT2D eigenvalue weighted by Crippen LogP contribution is -2.32. The topological polar surface area (TPSA) is 53.1 Å². The minimum absolute atomic E-state index is 0.546. The van der Waals surface area contributed by atoms with Crippen LogP contribution in [-0.2, 0) is 5.41 Å². The van der Waals surface area contributed by atoms with Crippen molar-refractivity contribution in [3.05, 3.63) is 210 Å². The molecule has 0 amide bonds. The van der Waals surface area contributed by atoms with Gasteiger partial charge in [-0.2, -0.15) is 0 Å². The highest BCUT2D eigenvalue weighted by Gasteiger charge is 2.51. The van der Waals surface area contributed by atoms with Crippen LogP contribution < -0.4 is 4.74 Å². The van der Waals surface area contributed by atoms with Crippen molar-refractivity contribution in [3.8, 4) is 51.0 Å². The molecule has 58 heavy (non-hydrogen) atoms. The number of benzene rings is 8. The van der Waals surface area contributed by atoms with Gasteiger partial charge in [0.25, 0.3) is 0 Å². The predicted molar refractivity (Wildman–Crippen MR) is 232 cm³/mol. The van der Waals surface area contributed by atoms with E-state index in [-0.39, 0.29) is 0 Å². The maximum atomic E-state index is 7.22. The van der Waals surface area contributed by atoms with Crippen molar-refractivity contribution in [2.45, 2.75) is 5.41 Å². The van der Waals surface area contributed by atoms with E-state index in [4.69, 9.17) is 19.1 Å². The normalized spacial score (nSPS) is 13.4. The zero-order valence-electron chi connectivity index (χ0n) is 31.1. The highest BCUT2D eigenvalue weighted by Crippen LogP contribution is 2.63. The molecule has 2 aliphatic rings. The van der Waals surface area contributed by atoms with Crippen molar-refractivity contribution < 1.29 is 9.15 Å². The summed E-state index contributed by atoms with van der Waals surface area (Å²) in [6.07, 6.45) is 0. The zero-order valence-corrected chi connectivity index (χ0v) is 31.1. The van der Waals surface area contributed by atoms with E-state index >= 15 is 0 Å². The summed E-state index contributed by atoms with van der Waals surface area (Å²) in [6, 6.07) is 66.4. The van der Waals surface area contributed by atoms with Gasteiger partial charge < -0.3 is 9.15 Å². The van der Waals surface area contributed by atoms with Crippen LogP contribution in [0.2, 0.25) is 0 Å². The molecule has 0 N–H and O–H groups in total. The molecular formula is C53H31N3O2. The van der Waals surface area contributed by atoms with Gasteiger partial charge in [-0.15, -0.1) is 0 Å². The van der Waals surface area contributed by atoms with Crippen LogP contribution in [0.3, 0.4) is 0 Å². The van der Waals surface area contributed by atoms with Crippen LogP contribution in [0, 0.1) is 0 Å². The van der Waals surface area contributed by atoms with E-state index in [9.17, 15) is 0 Å². The SMILES string of the molecule is c1ccc(-c2ccc(-c3nc(-n4c5ccccc5c5ccc6c(c54)Oc4ccccc4C64c5ccccc5-c5ccccc54)nc4c3oc3ccccc34)cc2)cc1. The molecule has 0 saturated heterocycles. The molecule has 4 heterocycles. The Balaban J connectivity index is 1.14. The third kappa shape index (κ3) is 4.09. The summed E-state index contributed by atoms with van der Waals surface area (Å²) in [6.45, 7) is 0. The molecule has 1 aliphatic heterocycles. The van der Waals surface area contributed by atoms with E-state index in [1.54, 1.807) is 0 Å². The Morgan fingerprint density at radius 2 is 1.07 bits per heavy atom. The first-order valence-corrected chi connectivity index (χ1v) is 19.7. The summed E-state index contributed by atoms with van der Waals surface area (Å²) in [5.74, 6) is 2.18. The second kappa shape index (κ2) is 11.6. The first-order valence-electron chi connectivity index (χ1n) is 19.7. The van der Waals surface area contributed by atoms with Crippen molar-refractivity contribution in [2.75, 3.05) is 0 Å². The molecule has 0 bridgehead atoms. The highest BCUT2D eigenvalue weighted by atomic mass is 16.5. The summed E-state index contributed by atoms with van der Waals surface area (Å²) in [5, 5.41) is 3.10. The van der Waals surface area contributed by atoms with Crippen LogP contribution in [0.5, 0.6) is 11.5 Å². The Morgan fingerprint density at radius 1 is 0.448 bits per heavy atom. The van der Waals surface area contributed by atoms with Crippen LogP contribution >= 0.6 is 0 Å². The Kier molecular flexibility index (Phi) is 6.31. The van der Waals surface area contributed by atoms with E-state index in [0.29, 0.717) is 11.5 Å². The van der Waals surface area contributed by atoms with E-state index in [0.717, 1.165) is 83.3 Å². The molecule has 0 atom stereocenters. The molecule has 5 heteroatoms. The Bertz CT molecular complexity index is 3440. The Morgan fingerprint density at radius 3 is 1.86 bits per heavy atom. The van der Waals surface area contributed by atoms with Gasteiger partial charge in [0.15, 0.2) is 11.3 Å². The van der Waals surface area contributed by atoms with Gasteiger partial charge >= 0.3 is 0 Å². The van der Waals surface area contributed by atoms with Crippen LogP contribution in [0.4, 0.5) is 0 Å². The number of ether oxygens (including phenoxy) is 1. The van der Waals surface area contributed by atoms with Crippen LogP contribution in [0.25, 0.3) is 83.3 Å². The van der Waals surface area contributed by atoms with Gasteiger partial charge in [-0.05, 0) is 57.6 Å². The minimum atomic E-state index is -0.607. The van der Waals surface area contributed by atoms with Crippen molar-refractivity contribution in [3.63, 3.8) is 0 Å². The van der Waals surface area contributed by atoms with Gasteiger partial charge in [0.1, 0.15) is 28.1 Å². The van der Waals surface area contributed by atoms with E-state index in [1.807, 2.05) is 24.3 Å². The molecule has 11 aromatic rings. The first-order chi connectivity index (χ1) is 28.8. The summed E-state index contributed by atoms with van der Waals surface area (Å²) < 4.78 is 16.0. The van der Waals surface area contributed by atoms with Gasteiger partial charge in [0.05, 0.1) is 10.9 Å². The van der Waals surface area contributed by atoms with Gasteiger partial charge in [-0.3, -0.25) is 4.57 Å². The fourth-order valence-corrected chi connectivity index (χ4v) is 9.90. The van der Waals surface area contributed by atoms with Crippen LogP contribution in [0.15, 0.2) is 192 Å². The third-order valence-electron chi connectivity index (χ3n) is 12.3. The van der Waals surface area contributed by atoms with E-state index in [2.05, 4.69) is 168 Å². The smallest absolute Gasteiger partial charge is 0.236 e. The molecule has 8 aromatic carbocycles. The average molecular weight is 742 g/mol. The number of hydrogen-bond donors (Lipinski definition) is 0. The van der Waals surface area contributed by atoms with Crippen LogP contribution in [-0.4, -0.2) is 14.5 Å². The van der Waals surface area contributed by atoms with Crippen molar-refractivity contribution in [1.82, 2.24) is 14.5 Å². The quantitative estimate of drug-likeness (QED) is 0.181. The number of furan rings is 1. The maximum absolute atomic E-state index is 7.22. The second-order valence-electron chi connectivity index (χ2n) is 15.2. The molecule has 3 aromatic heterocycles. The van der Waals surface area contributed by atoms with Crippen molar-refractivity contribution in [2.24, 2.45) is 0 Å². The van der Waals surface area contributed by atoms with Gasteiger partial charge in [-0.25, -0.2) is 9.97 Å². The second-order valence-corrected chi connectivity index (χ2v) is 15.2. The van der Waals surface area contributed by atoms with Crippen molar-refractivity contribution in [1.29, 1.82) is 0 Å². The number of para-hydroxylation sites is 3.